The summed E-state index contributed by atoms with van der Waals surface area (Å²) >= 11 is 0. The monoisotopic (exact) mass is 399 g/mol. The zero-order chi connectivity index (χ0) is 20.5. The number of halogens is 1. The molecule has 0 saturated heterocycles. The number of anilines is 1. The Balaban J connectivity index is 1.49. The van der Waals surface area contributed by atoms with Crippen molar-refractivity contribution in [3.8, 4) is 5.75 Å². The van der Waals surface area contributed by atoms with E-state index in [4.69, 9.17) is 4.74 Å². The number of aromatic nitrogens is 5. The first kappa shape index (κ1) is 18.6. The predicted molar refractivity (Wildman–Crippen MR) is 98.9 cm³/mol. The molecule has 1 N–H and O–H groups in total. The third kappa shape index (κ3) is 3.66. The molecular formula is C18H18FN7O3. The lowest BCUT2D eigenvalue weighted by atomic mass is 10.2. The summed E-state index contributed by atoms with van der Waals surface area (Å²) in [5.74, 6) is -1.24. The van der Waals surface area contributed by atoms with E-state index in [1.165, 1.54) is 22.8 Å². The predicted octanol–water partition coefficient (Wildman–Crippen LogP) is 0.353. The molecule has 29 heavy (non-hydrogen) atoms. The first-order valence-corrected chi connectivity index (χ1v) is 8.79. The standard InChI is InChI=1S/C18H18FN7O3/c1-24-7-11(6-21-24)8-26-9-12(19)15(23-26)17(27)22-13-10-29-14-4-3-5-20-16(14)25(2)18(13)28/h3-7,9,13H,8,10H2,1-2H3,(H,22,27)/t13-/m0/s1. The van der Waals surface area contributed by atoms with E-state index in [9.17, 15) is 14.0 Å². The SMILES string of the molecule is CN1C(=O)[C@@H](NC(=O)c2nn(Cc3cnn(C)c3)cc2F)COc2cccnc21. The molecule has 10 nitrogen and oxygen atoms in total. The summed E-state index contributed by atoms with van der Waals surface area (Å²) in [4.78, 5) is 30.6. The van der Waals surface area contributed by atoms with Gasteiger partial charge in [-0.25, -0.2) is 9.37 Å². The van der Waals surface area contributed by atoms with Gasteiger partial charge < -0.3 is 10.1 Å². The molecule has 1 aliphatic rings. The average molecular weight is 399 g/mol. The van der Waals surface area contributed by atoms with Gasteiger partial charge in [0.2, 0.25) is 0 Å². The van der Waals surface area contributed by atoms with Gasteiger partial charge in [-0.15, -0.1) is 0 Å². The van der Waals surface area contributed by atoms with Crippen LogP contribution >= 0.6 is 0 Å². The number of rotatable bonds is 4. The lowest BCUT2D eigenvalue weighted by Gasteiger charge is -2.19. The maximum atomic E-state index is 14.3. The summed E-state index contributed by atoms with van der Waals surface area (Å²) in [5.41, 5.74) is 0.408. The second kappa shape index (κ2) is 7.34. The quantitative estimate of drug-likeness (QED) is 0.679. The third-order valence-electron chi connectivity index (χ3n) is 4.44. The van der Waals surface area contributed by atoms with Crippen LogP contribution < -0.4 is 15.0 Å². The van der Waals surface area contributed by atoms with E-state index in [-0.39, 0.29) is 13.2 Å². The molecule has 1 atom stereocenters. The largest absolute Gasteiger partial charge is 0.487 e. The number of amides is 2. The second-order valence-corrected chi connectivity index (χ2v) is 6.60. The molecule has 2 amide bonds. The molecule has 0 fully saturated rings. The van der Waals surface area contributed by atoms with Crippen LogP contribution in [0.2, 0.25) is 0 Å². The molecule has 0 unspecified atom stereocenters. The minimum Gasteiger partial charge on any atom is -0.487 e. The fourth-order valence-electron chi connectivity index (χ4n) is 3.03. The summed E-state index contributed by atoms with van der Waals surface area (Å²) < 4.78 is 22.8. The highest BCUT2D eigenvalue weighted by Gasteiger charge is 2.32. The van der Waals surface area contributed by atoms with Crippen molar-refractivity contribution in [2.45, 2.75) is 12.6 Å². The van der Waals surface area contributed by atoms with Crippen molar-refractivity contribution in [3.05, 3.63) is 54.0 Å². The molecule has 0 radical (unpaired) electrons. The number of fused-ring (bicyclic) bond motifs is 1. The number of carbonyl (C=O) groups excluding carboxylic acids is 2. The molecule has 150 valence electrons. The van der Waals surface area contributed by atoms with Gasteiger partial charge in [0.25, 0.3) is 11.8 Å². The molecule has 3 aromatic heterocycles. The number of hydrogen-bond acceptors (Lipinski definition) is 6. The third-order valence-corrected chi connectivity index (χ3v) is 4.44. The van der Waals surface area contributed by atoms with Gasteiger partial charge in [0.1, 0.15) is 12.6 Å². The zero-order valence-electron chi connectivity index (χ0n) is 15.7. The number of aryl methyl sites for hydroxylation is 1. The van der Waals surface area contributed by atoms with Crippen LogP contribution in [0.25, 0.3) is 0 Å². The summed E-state index contributed by atoms with van der Waals surface area (Å²) in [6.45, 7) is 0.152. The molecule has 4 heterocycles. The van der Waals surface area contributed by atoms with Crippen LogP contribution in [0.5, 0.6) is 5.75 Å². The highest BCUT2D eigenvalue weighted by Crippen LogP contribution is 2.27. The van der Waals surface area contributed by atoms with E-state index >= 15 is 0 Å². The first-order chi connectivity index (χ1) is 13.9. The number of hydrogen-bond donors (Lipinski definition) is 1. The highest BCUT2D eigenvalue weighted by molar-refractivity contribution is 6.02. The maximum absolute atomic E-state index is 14.3. The minimum atomic E-state index is -1.01. The van der Waals surface area contributed by atoms with Crippen LogP contribution in [0.3, 0.4) is 0 Å². The molecule has 0 saturated carbocycles. The number of pyridine rings is 1. The van der Waals surface area contributed by atoms with Gasteiger partial charge in [-0.1, -0.05) is 0 Å². The van der Waals surface area contributed by atoms with E-state index < -0.39 is 29.4 Å². The van der Waals surface area contributed by atoms with Gasteiger partial charge in [-0.05, 0) is 12.1 Å². The van der Waals surface area contributed by atoms with Crippen LogP contribution in [0.15, 0.2) is 36.9 Å². The van der Waals surface area contributed by atoms with Crippen molar-refractivity contribution < 1.29 is 18.7 Å². The summed E-state index contributed by atoms with van der Waals surface area (Å²) in [5, 5.41) is 10.5. The molecule has 3 aromatic rings. The maximum Gasteiger partial charge on any atom is 0.275 e. The van der Waals surface area contributed by atoms with Crippen LogP contribution in [-0.2, 0) is 18.4 Å². The van der Waals surface area contributed by atoms with Gasteiger partial charge in [0.05, 0.1) is 18.9 Å². The number of ether oxygens (including phenoxy) is 1. The number of likely N-dealkylation sites (N-methyl/N-ethyl adjacent to an activating group) is 1. The Kier molecular flexibility index (Phi) is 4.71. The Hall–Kier alpha value is -3.76. The van der Waals surface area contributed by atoms with Crippen LogP contribution in [0.4, 0.5) is 10.2 Å². The van der Waals surface area contributed by atoms with Gasteiger partial charge in [0, 0.05) is 32.1 Å². The normalized spacial score (nSPS) is 16.2. The lowest BCUT2D eigenvalue weighted by molar-refractivity contribution is -0.120. The summed E-state index contributed by atoms with van der Waals surface area (Å²) in [6.07, 6.45) is 6.05. The molecule has 11 heteroatoms. The Morgan fingerprint density at radius 2 is 2.21 bits per heavy atom. The highest BCUT2D eigenvalue weighted by atomic mass is 19.1. The molecule has 0 aromatic carbocycles. The number of carbonyl (C=O) groups is 2. The number of nitrogens with one attached hydrogen (secondary N) is 1. The Labute approximate surface area is 164 Å². The van der Waals surface area contributed by atoms with E-state index in [1.54, 1.807) is 36.3 Å². The van der Waals surface area contributed by atoms with E-state index in [1.807, 2.05) is 0 Å². The molecule has 0 aliphatic carbocycles. The second-order valence-electron chi connectivity index (χ2n) is 6.60. The molecular weight excluding hydrogens is 381 g/mol. The van der Waals surface area contributed by atoms with Crippen molar-refractivity contribution >= 4 is 17.6 Å². The van der Waals surface area contributed by atoms with E-state index in [0.29, 0.717) is 11.6 Å². The molecule has 1 aliphatic heterocycles. The number of nitrogens with zero attached hydrogens (tertiary/aromatic N) is 6. The lowest BCUT2D eigenvalue weighted by Crippen LogP contribution is -2.49. The molecule has 0 bridgehead atoms. The van der Waals surface area contributed by atoms with E-state index in [2.05, 4.69) is 20.5 Å². The van der Waals surface area contributed by atoms with Crippen LogP contribution in [-0.4, -0.2) is 56.1 Å². The molecule has 0 spiro atoms. The van der Waals surface area contributed by atoms with Gasteiger partial charge in [0.15, 0.2) is 23.1 Å². The smallest absolute Gasteiger partial charge is 0.275 e. The fourth-order valence-corrected chi connectivity index (χ4v) is 3.03. The first-order valence-electron chi connectivity index (χ1n) is 8.79. The van der Waals surface area contributed by atoms with Gasteiger partial charge >= 0.3 is 0 Å². The van der Waals surface area contributed by atoms with Crippen molar-refractivity contribution in [1.29, 1.82) is 0 Å². The topological polar surface area (TPSA) is 107 Å². The van der Waals surface area contributed by atoms with Crippen LogP contribution in [0, 0.1) is 5.82 Å². The van der Waals surface area contributed by atoms with Gasteiger partial charge in [-0.2, -0.15) is 10.2 Å². The zero-order valence-corrected chi connectivity index (χ0v) is 15.7. The summed E-state index contributed by atoms with van der Waals surface area (Å²) in [7, 11) is 3.30. The Bertz CT molecular complexity index is 1080. The van der Waals surface area contributed by atoms with Crippen molar-refractivity contribution in [1.82, 2.24) is 29.9 Å². The van der Waals surface area contributed by atoms with Crippen LogP contribution in [0.1, 0.15) is 16.1 Å². The van der Waals surface area contributed by atoms with Gasteiger partial charge in [-0.3, -0.25) is 23.9 Å². The average Bonchev–Trinajstić information content (AvgIpc) is 3.26. The fraction of sp³-hybridized carbons (Fsp3) is 0.278. The van der Waals surface area contributed by atoms with E-state index in [0.717, 1.165) is 11.8 Å². The van der Waals surface area contributed by atoms with Crippen molar-refractivity contribution in [2.75, 3.05) is 18.6 Å². The van der Waals surface area contributed by atoms with Crippen molar-refractivity contribution in [2.24, 2.45) is 7.05 Å². The Morgan fingerprint density at radius 1 is 1.38 bits per heavy atom. The Morgan fingerprint density at radius 3 is 2.97 bits per heavy atom. The van der Waals surface area contributed by atoms with Crippen molar-refractivity contribution in [3.63, 3.8) is 0 Å². The summed E-state index contributed by atoms with van der Waals surface area (Å²) in [6, 6.07) is 2.35. The molecule has 4 rings (SSSR count). The minimum absolute atomic E-state index is 0.106.